The lowest BCUT2D eigenvalue weighted by atomic mass is 9.80. The van der Waals surface area contributed by atoms with Gasteiger partial charge < -0.3 is 10.6 Å². The molecule has 1 rings (SSSR count). The number of hydrogen-bond donors (Lipinski definition) is 1. The van der Waals surface area contributed by atoms with Crippen molar-refractivity contribution in [2.24, 2.45) is 17.1 Å². The van der Waals surface area contributed by atoms with Gasteiger partial charge in [0.2, 0.25) is 0 Å². The third kappa shape index (κ3) is 3.46. The Morgan fingerprint density at radius 3 is 2.47 bits per heavy atom. The largest absolute Gasteiger partial charge is 0.330 e. The molecule has 0 radical (unpaired) electrons. The van der Waals surface area contributed by atoms with Crippen LogP contribution >= 0.6 is 0 Å². The Bertz CT molecular complexity index is 183. The Balaban J connectivity index is 2.47. The van der Waals surface area contributed by atoms with E-state index < -0.39 is 0 Å². The zero-order chi connectivity index (χ0) is 11.5. The van der Waals surface area contributed by atoms with Crippen molar-refractivity contribution < 1.29 is 0 Å². The van der Waals surface area contributed by atoms with Gasteiger partial charge in [0.15, 0.2) is 0 Å². The average molecular weight is 212 g/mol. The van der Waals surface area contributed by atoms with Crippen LogP contribution in [0.3, 0.4) is 0 Å². The van der Waals surface area contributed by atoms with Crippen molar-refractivity contribution in [3.05, 3.63) is 0 Å². The highest BCUT2D eigenvalue weighted by Crippen LogP contribution is 2.34. The van der Waals surface area contributed by atoms with E-state index >= 15 is 0 Å². The lowest BCUT2D eigenvalue weighted by molar-refractivity contribution is 0.185. The zero-order valence-electron chi connectivity index (χ0n) is 10.9. The summed E-state index contributed by atoms with van der Waals surface area (Å²) in [4.78, 5) is 2.66. The molecule has 0 aromatic heterocycles. The van der Waals surface area contributed by atoms with Crippen LogP contribution < -0.4 is 5.73 Å². The summed E-state index contributed by atoms with van der Waals surface area (Å²) >= 11 is 0. The van der Waals surface area contributed by atoms with E-state index in [2.05, 4.69) is 32.6 Å². The average Bonchev–Trinajstić information content (AvgIpc) is 2.62. The van der Waals surface area contributed by atoms with Gasteiger partial charge in [0.25, 0.3) is 0 Å². The second-order valence-electron chi connectivity index (χ2n) is 5.99. The number of hydrogen-bond acceptors (Lipinski definition) is 2. The first-order valence-electron chi connectivity index (χ1n) is 6.43. The first kappa shape index (κ1) is 13.0. The van der Waals surface area contributed by atoms with Crippen LogP contribution in [-0.4, -0.2) is 30.6 Å². The van der Waals surface area contributed by atoms with Crippen molar-refractivity contribution in [3.63, 3.8) is 0 Å². The van der Waals surface area contributed by atoms with Crippen LogP contribution in [0.2, 0.25) is 0 Å². The second-order valence-corrected chi connectivity index (χ2v) is 5.99. The number of nitrogens with zero attached hydrogens (tertiary/aromatic N) is 1. The molecule has 2 nitrogen and oxygen atoms in total. The molecule has 0 aromatic rings. The van der Waals surface area contributed by atoms with Gasteiger partial charge in [-0.2, -0.15) is 0 Å². The maximum atomic E-state index is 5.67. The molecule has 15 heavy (non-hydrogen) atoms. The molecule has 1 saturated heterocycles. The monoisotopic (exact) mass is 212 g/mol. The molecule has 0 aromatic carbocycles. The van der Waals surface area contributed by atoms with E-state index in [-0.39, 0.29) is 0 Å². The normalized spacial score (nSPS) is 25.8. The summed E-state index contributed by atoms with van der Waals surface area (Å²) in [5.74, 6) is 0.865. The van der Waals surface area contributed by atoms with Gasteiger partial charge in [-0.3, -0.25) is 0 Å². The van der Waals surface area contributed by atoms with Crippen LogP contribution in [0.5, 0.6) is 0 Å². The van der Waals surface area contributed by atoms with E-state index in [0.29, 0.717) is 5.41 Å². The highest BCUT2D eigenvalue weighted by Gasteiger charge is 2.33. The Hall–Kier alpha value is -0.0800. The molecule has 1 heterocycles. The fourth-order valence-corrected chi connectivity index (χ4v) is 2.66. The van der Waals surface area contributed by atoms with Crippen LogP contribution in [-0.2, 0) is 0 Å². The number of likely N-dealkylation sites (tertiary alicyclic amines) is 1. The van der Waals surface area contributed by atoms with Crippen LogP contribution in [0, 0.1) is 11.3 Å². The maximum Gasteiger partial charge on any atom is 0.0105 e. The van der Waals surface area contributed by atoms with Crippen LogP contribution in [0.25, 0.3) is 0 Å². The molecule has 90 valence electrons. The second kappa shape index (κ2) is 5.31. The SMILES string of the molecule is CCC(CCN)N1CCC(C(C)(C)C)C1. The predicted octanol–water partition coefficient (Wildman–Crippen LogP) is 2.48. The standard InChI is InChI=1S/C13H28N2/c1-5-12(6-8-14)15-9-7-11(10-15)13(2,3)4/h11-12H,5-10,14H2,1-4H3. The van der Waals surface area contributed by atoms with Gasteiger partial charge in [-0.25, -0.2) is 0 Å². The lowest BCUT2D eigenvalue weighted by Crippen LogP contribution is -2.35. The highest BCUT2D eigenvalue weighted by atomic mass is 15.2. The van der Waals surface area contributed by atoms with E-state index in [1.807, 2.05) is 0 Å². The summed E-state index contributed by atoms with van der Waals surface area (Å²) < 4.78 is 0. The molecule has 2 unspecified atom stereocenters. The maximum absolute atomic E-state index is 5.67. The Morgan fingerprint density at radius 2 is 2.07 bits per heavy atom. The number of nitrogens with two attached hydrogens (primary N) is 1. The van der Waals surface area contributed by atoms with Gasteiger partial charge in [0.1, 0.15) is 0 Å². The first-order valence-corrected chi connectivity index (χ1v) is 6.43. The molecular weight excluding hydrogens is 184 g/mol. The van der Waals surface area contributed by atoms with Gasteiger partial charge in [0, 0.05) is 12.6 Å². The van der Waals surface area contributed by atoms with E-state index in [4.69, 9.17) is 5.73 Å². The Labute approximate surface area is 95.2 Å². The molecule has 0 saturated carbocycles. The molecule has 0 spiro atoms. The minimum absolute atomic E-state index is 0.468. The molecule has 2 N–H and O–H groups in total. The fraction of sp³-hybridized carbons (Fsp3) is 1.00. The van der Waals surface area contributed by atoms with E-state index in [0.717, 1.165) is 24.9 Å². The van der Waals surface area contributed by atoms with E-state index in [1.54, 1.807) is 0 Å². The topological polar surface area (TPSA) is 29.3 Å². The van der Waals surface area contributed by atoms with Gasteiger partial charge in [0.05, 0.1) is 0 Å². The van der Waals surface area contributed by atoms with E-state index in [1.165, 1.54) is 25.9 Å². The van der Waals surface area contributed by atoms with Gasteiger partial charge in [-0.05, 0) is 43.7 Å². The van der Waals surface area contributed by atoms with Gasteiger partial charge >= 0.3 is 0 Å². The molecule has 2 heteroatoms. The van der Waals surface area contributed by atoms with Crippen molar-refractivity contribution in [3.8, 4) is 0 Å². The van der Waals surface area contributed by atoms with E-state index in [9.17, 15) is 0 Å². The summed E-state index contributed by atoms with van der Waals surface area (Å²) in [5, 5.41) is 0. The lowest BCUT2D eigenvalue weighted by Gasteiger charge is -2.30. The molecular formula is C13H28N2. The van der Waals surface area contributed by atoms with Crippen LogP contribution in [0.4, 0.5) is 0 Å². The minimum atomic E-state index is 0.468. The first-order chi connectivity index (χ1) is 6.99. The molecule has 0 amide bonds. The van der Waals surface area contributed by atoms with Crippen molar-refractivity contribution in [1.82, 2.24) is 4.90 Å². The third-order valence-electron chi connectivity index (χ3n) is 3.93. The Kier molecular flexibility index (Phi) is 4.60. The molecule has 1 fully saturated rings. The quantitative estimate of drug-likeness (QED) is 0.776. The molecule has 0 bridgehead atoms. The zero-order valence-corrected chi connectivity index (χ0v) is 10.9. The molecule has 0 aliphatic carbocycles. The smallest absolute Gasteiger partial charge is 0.0105 e. The van der Waals surface area contributed by atoms with Gasteiger partial charge in [-0.1, -0.05) is 27.7 Å². The van der Waals surface area contributed by atoms with Crippen molar-refractivity contribution >= 4 is 0 Å². The number of rotatable bonds is 4. The summed E-state index contributed by atoms with van der Waals surface area (Å²) in [6.45, 7) is 12.8. The summed E-state index contributed by atoms with van der Waals surface area (Å²) in [5.41, 5.74) is 6.13. The van der Waals surface area contributed by atoms with Crippen molar-refractivity contribution in [2.75, 3.05) is 19.6 Å². The van der Waals surface area contributed by atoms with Crippen LogP contribution in [0.1, 0.15) is 47.0 Å². The third-order valence-corrected chi connectivity index (χ3v) is 3.93. The summed E-state index contributed by atoms with van der Waals surface area (Å²) in [7, 11) is 0. The summed E-state index contributed by atoms with van der Waals surface area (Å²) in [6, 6.07) is 0.724. The highest BCUT2D eigenvalue weighted by molar-refractivity contribution is 4.86. The van der Waals surface area contributed by atoms with Crippen molar-refractivity contribution in [1.29, 1.82) is 0 Å². The van der Waals surface area contributed by atoms with Gasteiger partial charge in [-0.15, -0.1) is 0 Å². The fourth-order valence-electron chi connectivity index (χ4n) is 2.66. The van der Waals surface area contributed by atoms with Crippen molar-refractivity contribution in [2.45, 2.75) is 53.0 Å². The molecule has 1 aliphatic rings. The Morgan fingerprint density at radius 1 is 1.40 bits per heavy atom. The molecule has 2 atom stereocenters. The van der Waals surface area contributed by atoms with Crippen LogP contribution in [0.15, 0.2) is 0 Å². The molecule has 1 aliphatic heterocycles. The predicted molar refractivity (Wildman–Crippen MR) is 66.9 cm³/mol. The summed E-state index contributed by atoms with van der Waals surface area (Å²) in [6.07, 6.45) is 3.77. The minimum Gasteiger partial charge on any atom is -0.330 e.